The summed E-state index contributed by atoms with van der Waals surface area (Å²) < 4.78 is 44.3. The van der Waals surface area contributed by atoms with E-state index in [4.69, 9.17) is 9.47 Å². The summed E-state index contributed by atoms with van der Waals surface area (Å²) in [4.78, 5) is 56.1. The van der Waals surface area contributed by atoms with Crippen molar-refractivity contribution in [2.45, 2.75) is 66.0 Å². The van der Waals surface area contributed by atoms with E-state index in [1.807, 2.05) is 32.6 Å². The number of anilines is 1. The number of benzene rings is 1. The molecule has 1 amide bonds. The largest absolute Gasteiger partial charge is 0.481 e. The van der Waals surface area contributed by atoms with Gasteiger partial charge >= 0.3 is 11.7 Å². The highest BCUT2D eigenvalue weighted by Gasteiger charge is 2.31. The number of ether oxygens (including phenoxy) is 2. The molecule has 11 nitrogen and oxygen atoms in total. The second kappa shape index (κ2) is 13.7. The van der Waals surface area contributed by atoms with Crippen LogP contribution in [0.4, 0.5) is 14.6 Å². The van der Waals surface area contributed by atoms with Crippen molar-refractivity contribution in [2.24, 2.45) is 0 Å². The lowest BCUT2D eigenvalue weighted by Gasteiger charge is -2.40. The number of carbonyl (C=O) groups is 2. The van der Waals surface area contributed by atoms with E-state index in [1.165, 1.54) is 28.8 Å². The molecule has 0 unspecified atom stereocenters. The zero-order valence-electron chi connectivity index (χ0n) is 28.7. The van der Waals surface area contributed by atoms with Gasteiger partial charge in [0.2, 0.25) is 5.91 Å². The number of fused-ring (bicyclic) bond motifs is 1. The molecule has 1 aromatic carbocycles. The molecule has 1 atom stereocenters. The fourth-order valence-electron chi connectivity index (χ4n) is 5.95. The Kier molecular flexibility index (Phi) is 9.84. The van der Waals surface area contributed by atoms with Crippen molar-refractivity contribution < 1.29 is 27.8 Å². The molecule has 1 fully saturated rings. The first-order valence-electron chi connectivity index (χ1n) is 16.0. The molecule has 258 valence electrons. The Labute approximate surface area is 283 Å². The van der Waals surface area contributed by atoms with E-state index in [0.717, 1.165) is 6.07 Å². The molecule has 0 aliphatic carbocycles. The minimum atomic E-state index is -0.909. The highest BCUT2D eigenvalue weighted by atomic mass is 19.1. The van der Waals surface area contributed by atoms with Gasteiger partial charge in [0.25, 0.3) is 0 Å². The number of piperazine rings is 1. The molecule has 1 aliphatic heterocycles. The van der Waals surface area contributed by atoms with Crippen molar-refractivity contribution in [2.75, 3.05) is 31.1 Å². The number of aromatic nitrogens is 4. The Morgan fingerprint density at radius 2 is 1.86 bits per heavy atom. The van der Waals surface area contributed by atoms with E-state index in [2.05, 4.69) is 21.5 Å². The molecule has 49 heavy (non-hydrogen) atoms. The van der Waals surface area contributed by atoms with Crippen LogP contribution >= 0.6 is 0 Å². The van der Waals surface area contributed by atoms with Crippen LogP contribution in [-0.2, 0) is 14.3 Å². The van der Waals surface area contributed by atoms with Gasteiger partial charge < -0.3 is 19.3 Å². The van der Waals surface area contributed by atoms with Gasteiger partial charge in [0.05, 0.1) is 22.3 Å². The molecule has 0 bridgehead atoms. The van der Waals surface area contributed by atoms with Crippen LogP contribution in [0.5, 0.6) is 5.75 Å². The number of hydrogen-bond donors (Lipinski definition) is 0. The predicted molar refractivity (Wildman–Crippen MR) is 182 cm³/mol. The zero-order chi connectivity index (χ0) is 35.8. The van der Waals surface area contributed by atoms with Crippen molar-refractivity contribution in [3.05, 3.63) is 82.6 Å². The summed E-state index contributed by atoms with van der Waals surface area (Å²) in [5, 5.41) is 0.196. The maximum Gasteiger partial charge on any atom is 0.355 e. The number of pyridine rings is 2. The van der Waals surface area contributed by atoms with E-state index in [-0.39, 0.29) is 46.0 Å². The van der Waals surface area contributed by atoms with Crippen LogP contribution in [0.15, 0.2) is 54.0 Å². The molecule has 0 N–H and O–H groups in total. The van der Waals surface area contributed by atoms with Gasteiger partial charge in [0.15, 0.2) is 18.1 Å². The van der Waals surface area contributed by atoms with Crippen molar-refractivity contribution >= 4 is 28.7 Å². The van der Waals surface area contributed by atoms with Crippen molar-refractivity contribution in [3.63, 3.8) is 0 Å². The number of amides is 1. The first-order valence-corrected chi connectivity index (χ1v) is 16.0. The van der Waals surface area contributed by atoms with E-state index in [9.17, 15) is 14.4 Å². The van der Waals surface area contributed by atoms with Gasteiger partial charge in [-0.15, -0.1) is 0 Å². The van der Waals surface area contributed by atoms with Crippen molar-refractivity contribution in [1.29, 1.82) is 0 Å². The molecular weight excluding hydrogens is 634 g/mol. The average molecular weight is 675 g/mol. The van der Waals surface area contributed by atoms with E-state index >= 15 is 8.78 Å². The molecule has 1 saturated heterocycles. The van der Waals surface area contributed by atoms with Gasteiger partial charge in [0, 0.05) is 31.9 Å². The molecule has 13 heteroatoms. The van der Waals surface area contributed by atoms with Crippen LogP contribution in [0.25, 0.3) is 28.0 Å². The zero-order valence-corrected chi connectivity index (χ0v) is 28.7. The minimum Gasteiger partial charge on any atom is -0.481 e. The molecule has 0 spiro atoms. The highest BCUT2D eigenvalue weighted by molar-refractivity contribution is 5.91. The lowest BCUT2D eigenvalue weighted by molar-refractivity contribution is -0.157. The maximum absolute atomic E-state index is 16.4. The predicted octanol–water partition coefficient (Wildman–Crippen LogP) is 5.50. The maximum atomic E-state index is 16.4. The first-order chi connectivity index (χ1) is 23.1. The summed E-state index contributed by atoms with van der Waals surface area (Å²) in [5.41, 5.74) is -0.515. The number of aryl methyl sites for hydroxylation is 1. The Bertz CT molecular complexity index is 2000. The molecule has 3 aromatic heterocycles. The first kappa shape index (κ1) is 35.1. The number of rotatable bonds is 8. The Hall–Kier alpha value is -5.20. The monoisotopic (exact) mass is 674 g/mol. The molecule has 0 saturated carbocycles. The summed E-state index contributed by atoms with van der Waals surface area (Å²) >= 11 is 0. The van der Waals surface area contributed by atoms with Crippen LogP contribution < -0.4 is 15.3 Å². The lowest BCUT2D eigenvalue weighted by Crippen LogP contribution is -2.54. The molecular formula is C36H40F2N6O5. The third-order valence-electron chi connectivity index (χ3n) is 8.09. The SMILES string of the molecule is C=CC(=O)N1CCN(c2nc(=O)n(-c3c(C)ccnc3C(C)C)c3nc(-c4c(F)cccc4OCC(=O)OC(C)(C)C)c(F)cc23)[C@@H](C)C1. The van der Waals surface area contributed by atoms with Gasteiger partial charge in [-0.1, -0.05) is 26.5 Å². The molecule has 4 heterocycles. The van der Waals surface area contributed by atoms with Crippen LogP contribution in [0.1, 0.15) is 58.7 Å². The number of esters is 1. The second-order valence-corrected chi connectivity index (χ2v) is 13.3. The number of carbonyl (C=O) groups excluding carboxylic acids is 2. The smallest absolute Gasteiger partial charge is 0.355 e. The summed E-state index contributed by atoms with van der Waals surface area (Å²) in [6.07, 6.45) is 2.88. The van der Waals surface area contributed by atoms with Crippen molar-refractivity contribution in [1.82, 2.24) is 24.4 Å². The standard InChI is InChI=1S/C36H40F2N6O5/c1-9-27(45)42-15-16-43(22(5)18-42)33-23-17-25(38)31(29-24(37)11-10-12-26(29)48-19-28(46)49-36(6,7)8)40-34(23)44(35(47)41-33)32-21(4)13-14-39-30(32)20(2)3/h9-14,17,20,22H,1,15-16,18-19H2,2-8H3/t22-/m0/s1. The summed E-state index contributed by atoms with van der Waals surface area (Å²) in [6.45, 7) is 16.6. The van der Waals surface area contributed by atoms with Crippen LogP contribution in [0, 0.1) is 18.6 Å². The van der Waals surface area contributed by atoms with Crippen molar-refractivity contribution in [3.8, 4) is 22.7 Å². The number of halogens is 2. The lowest BCUT2D eigenvalue weighted by atomic mass is 10.0. The minimum absolute atomic E-state index is 0.0162. The Morgan fingerprint density at radius 1 is 1.12 bits per heavy atom. The van der Waals surface area contributed by atoms with E-state index in [0.29, 0.717) is 36.6 Å². The summed E-state index contributed by atoms with van der Waals surface area (Å²) in [7, 11) is 0. The van der Waals surface area contributed by atoms with Gasteiger partial charge in [-0.2, -0.15) is 4.98 Å². The number of nitrogens with zero attached hydrogens (tertiary/aromatic N) is 6. The highest BCUT2D eigenvalue weighted by Crippen LogP contribution is 2.37. The Balaban J connectivity index is 1.75. The normalized spacial score (nSPS) is 15.1. The Morgan fingerprint density at radius 3 is 2.51 bits per heavy atom. The van der Waals surface area contributed by atoms with Crippen LogP contribution in [0.3, 0.4) is 0 Å². The molecule has 5 rings (SSSR count). The van der Waals surface area contributed by atoms with Crippen LogP contribution in [-0.4, -0.2) is 74.2 Å². The van der Waals surface area contributed by atoms with Gasteiger partial charge in [-0.25, -0.2) is 27.9 Å². The quantitative estimate of drug-likeness (QED) is 0.176. The fraction of sp³-hybridized carbons (Fsp3) is 0.389. The third kappa shape index (κ3) is 7.15. The fourth-order valence-corrected chi connectivity index (χ4v) is 5.95. The summed E-state index contributed by atoms with van der Waals surface area (Å²) in [6, 6.07) is 6.50. The van der Waals surface area contributed by atoms with Crippen LogP contribution in [0.2, 0.25) is 0 Å². The number of hydrogen-bond acceptors (Lipinski definition) is 9. The van der Waals surface area contributed by atoms with Gasteiger partial charge in [-0.05, 0) is 76.4 Å². The molecule has 4 aromatic rings. The van der Waals surface area contributed by atoms with E-state index in [1.54, 1.807) is 37.9 Å². The van der Waals surface area contributed by atoms with Gasteiger partial charge in [0.1, 0.15) is 28.7 Å². The summed E-state index contributed by atoms with van der Waals surface area (Å²) in [5.74, 6) is -2.77. The molecule has 1 aliphatic rings. The van der Waals surface area contributed by atoms with E-state index < -0.39 is 41.2 Å². The third-order valence-corrected chi connectivity index (χ3v) is 8.09. The average Bonchev–Trinajstić information content (AvgIpc) is 3.02. The molecule has 0 radical (unpaired) electrons. The topological polar surface area (TPSA) is 120 Å². The second-order valence-electron chi connectivity index (χ2n) is 13.3. The van der Waals surface area contributed by atoms with Gasteiger partial charge in [-0.3, -0.25) is 9.78 Å².